The van der Waals surface area contributed by atoms with Crippen molar-refractivity contribution >= 4 is 17.6 Å². The SMILES string of the molecule is COc1cccc(C(=O)O)c1N1CC(N)CC1=O. The summed E-state index contributed by atoms with van der Waals surface area (Å²) in [4.78, 5) is 24.4. The molecule has 1 unspecified atom stereocenters. The summed E-state index contributed by atoms with van der Waals surface area (Å²) < 4.78 is 5.13. The van der Waals surface area contributed by atoms with Gasteiger partial charge in [-0.25, -0.2) is 4.79 Å². The standard InChI is InChI=1S/C12H14N2O4/c1-18-9-4-2-3-8(12(16)17)11(9)14-6-7(13)5-10(14)15/h2-4,7H,5-6,13H2,1H3,(H,16,17). The van der Waals surface area contributed by atoms with Crippen molar-refractivity contribution in [1.82, 2.24) is 0 Å². The topological polar surface area (TPSA) is 92.9 Å². The number of hydrogen-bond acceptors (Lipinski definition) is 4. The number of carboxylic acid groups (broad SMARTS) is 1. The Hall–Kier alpha value is -2.08. The highest BCUT2D eigenvalue weighted by Gasteiger charge is 2.32. The summed E-state index contributed by atoms with van der Waals surface area (Å²) >= 11 is 0. The molecule has 1 atom stereocenters. The average molecular weight is 250 g/mol. The second kappa shape index (κ2) is 4.66. The zero-order valence-electron chi connectivity index (χ0n) is 9.92. The molecule has 1 fully saturated rings. The number of benzene rings is 1. The third-order valence-electron chi connectivity index (χ3n) is 2.87. The highest BCUT2D eigenvalue weighted by Crippen LogP contribution is 2.34. The summed E-state index contributed by atoms with van der Waals surface area (Å²) in [7, 11) is 1.44. The molecule has 1 saturated heterocycles. The lowest BCUT2D eigenvalue weighted by Crippen LogP contribution is -2.29. The molecule has 1 heterocycles. The molecule has 1 aromatic carbocycles. The molecule has 1 amide bonds. The Balaban J connectivity index is 2.54. The Bertz CT molecular complexity index is 501. The van der Waals surface area contributed by atoms with Gasteiger partial charge in [0.15, 0.2) is 0 Å². The number of methoxy groups -OCH3 is 1. The molecule has 3 N–H and O–H groups in total. The largest absolute Gasteiger partial charge is 0.495 e. The first-order chi connectivity index (χ1) is 8.54. The van der Waals surface area contributed by atoms with Crippen LogP contribution < -0.4 is 15.4 Å². The summed E-state index contributed by atoms with van der Waals surface area (Å²) in [5, 5.41) is 9.17. The van der Waals surface area contributed by atoms with Crippen molar-refractivity contribution in [2.75, 3.05) is 18.6 Å². The van der Waals surface area contributed by atoms with Crippen LogP contribution in [0, 0.1) is 0 Å². The number of rotatable bonds is 3. The molecule has 0 spiro atoms. The van der Waals surface area contributed by atoms with Gasteiger partial charge in [-0.1, -0.05) is 6.07 Å². The zero-order valence-corrected chi connectivity index (χ0v) is 9.92. The lowest BCUT2D eigenvalue weighted by molar-refractivity contribution is -0.117. The summed E-state index contributed by atoms with van der Waals surface area (Å²) in [6.45, 7) is 0.305. The van der Waals surface area contributed by atoms with Gasteiger partial charge < -0.3 is 20.5 Å². The minimum Gasteiger partial charge on any atom is -0.495 e. The highest BCUT2D eigenvalue weighted by molar-refractivity contribution is 6.05. The minimum absolute atomic E-state index is 0.0387. The van der Waals surface area contributed by atoms with Gasteiger partial charge in [0.2, 0.25) is 5.91 Å². The van der Waals surface area contributed by atoms with Crippen LogP contribution in [0.1, 0.15) is 16.8 Å². The van der Waals surface area contributed by atoms with Crippen molar-refractivity contribution in [1.29, 1.82) is 0 Å². The Kier molecular flexibility index (Phi) is 3.20. The van der Waals surface area contributed by atoms with E-state index in [-0.39, 0.29) is 29.6 Å². The van der Waals surface area contributed by atoms with Gasteiger partial charge in [0.1, 0.15) is 11.4 Å². The van der Waals surface area contributed by atoms with Crippen LogP contribution in [0.2, 0.25) is 0 Å². The van der Waals surface area contributed by atoms with E-state index < -0.39 is 5.97 Å². The quantitative estimate of drug-likeness (QED) is 0.812. The maximum Gasteiger partial charge on any atom is 0.337 e. The van der Waals surface area contributed by atoms with Crippen LogP contribution in [0.3, 0.4) is 0 Å². The van der Waals surface area contributed by atoms with Gasteiger partial charge in [0.25, 0.3) is 0 Å². The van der Waals surface area contributed by atoms with Gasteiger partial charge in [-0.3, -0.25) is 4.79 Å². The maximum atomic E-state index is 11.8. The molecule has 0 saturated carbocycles. The van der Waals surface area contributed by atoms with Crippen LogP contribution in [0.25, 0.3) is 0 Å². The van der Waals surface area contributed by atoms with Crippen LogP contribution >= 0.6 is 0 Å². The van der Waals surface area contributed by atoms with E-state index in [4.69, 9.17) is 10.5 Å². The van der Waals surface area contributed by atoms with Gasteiger partial charge in [0, 0.05) is 19.0 Å². The van der Waals surface area contributed by atoms with E-state index in [1.165, 1.54) is 18.1 Å². The lowest BCUT2D eigenvalue weighted by Gasteiger charge is -2.21. The predicted octanol–water partition coefficient (Wildman–Crippen LogP) is 0.457. The number of hydrogen-bond donors (Lipinski definition) is 2. The molecule has 18 heavy (non-hydrogen) atoms. The number of aromatic carboxylic acids is 1. The fourth-order valence-corrected chi connectivity index (χ4v) is 2.09. The number of nitrogens with zero attached hydrogens (tertiary/aromatic N) is 1. The van der Waals surface area contributed by atoms with Gasteiger partial charge >= 0.3 is 5.97 Å². The number of carboxylic acids is 1. The van der Waals surface area contributed by atoms with E-state index in [0.717, 1.165) is 0 Å². The Labute approximate surface area is 104 Å². The molecule has 0 aromatic heterocycles. The second-order valence-corrected chi connectivity index (χ2v) is 4.13. The van der Waals surface area contributed by atoms with Gasteiger partial charge in [0.05, 0.1) is 12.7 Å². The van der Waals surface area contributed by atoms with Crippen LogP contribution in [0.4, 0.5) is 5.69 Å². The molecule has 96 valence electrons. The molecule has 1 aliphatic rings. The number of amides is 1. The van der Waals surface area contributed by atoms with E-state index in [1.807, 2.05) is 0 Å². The third kappa shape index (κ3) is 2.02. The van der Waals surface area contributed by atoms with Crippen molar-refractivity contribution < 1.29 is 19.4 Å². The molecule has 1 aliphatic heterocycles. The molecular weight excluding hydrogens is 236 g/mol. The van der Waals surface area contributed by atoms with Crippen LogP contribution in [0.5, 0.6) is 5.75 Å². The number of carbonyl (C=O) groups excluding carboxylic acids is 1. The third-order valence-corrected chi connectivity index (χ3v) is 2.87. The minimum atomic E-state index is -1.10. The molecule has 0 bridgehead atoms. The normalized spacial score (nSPS) is 19.1. The Morgan fingerprint density at radius 1 is 1.56 bits per heavy atom. The lowest BCUT2D eigenvalue weighted by atomic mass is 10.1. The van der Waals surface area contributed by atoms with Gasteiger partial charge in [-0.05, 0) is 12.1 Å². The number of nitrogens with two attached hydrogens (primary N) is 1. The summed E-state index contributed by atoms with van der Waals surface area (Å²) in [5.74, 6) is -0.927. The van der Waals surface area contributed by atoms with Crippen molar-refractivity contribution in [2.45, 2.75) is 12.5 Å². The van der Waals surface area contributed by atoms with E-state index in [2.05, 4.69) is 0 Å². The monoisotopic (exact) mass is 250 g/mol. The fourth-order valence-electron chi connectivity index (χ4n) is 2.09. The number of carbonyl (C=O) groups is 2. The molecule has 6 nitrogen and oxygen atoms in total. The fraction of sp³-hybridized carbons (Fsp3) is 0.333. The van der Waals surface area contributed by atoms with E-state index in [9.17, 15) is 14.7 Å². The Morgan fingerprint density at radius 3 is 2.78 bits per heavy atom. The number of para-hydroxylation sites is 1. The molecule has 1 aromatic rings. The van der Waals surface area contributed by atoms with Gasteiger partial charge in [-0.15, -0.1) is 0 Å². The summed E-state index contributed by atoms with van der Waals surface area (Å²) in [5.41, 5.74) is 6.04. The summed E-state index contributed by atoms with van der Waals surface area (Å²) in [6, 6.07) is 4.37. The van der Waals surface area contributed by atoms with Crippen LogP contribution in [-0.4, -0.2) is 36.7 Å². The first-order valence-corrected chi connectivity index (χ1v) is 5.51. The van der Waals surface area contributed by atoms with Crippen molar-refractivity contribution in [3.05, 3.63) is 23.8 Å². The first kappa shape index (κ1) is 12.4. The summed E-state index contributed by atoms with van der Waals surface area (Å²) in [6.07, 6.45) is 0.219. The predicted molar refractivity (Wildman–Crippen MR) is 64.9 cm³/mol. The highest BCUT2D eigenvalue weighted by atomic mass is 16.5. The molecule has 0 aliphatic carbocycles. The second-order valence-electron chi connectivity index (χ2n) is 4.13. The van der Waals surface area contributed by atoms with E-state index in [0.29, 0.717) is 12.3 Å². The van der Waals surface area contributed by atoms with E-state index in [1.54, 1.807) is 12.1 Å². The van der Waals surface area contributed by atoms with E-state index >= 15 is 0 Å². The smallest absolute Gasteiger partial charge is 0.337 e. The number of ether oxygens (including phenoxy) is 1. The Morgan fingerprint density at radius 2 is 2.28 bits per heavy atom. The zero-order chi connectivity index (χ0) is 13.3. The maximum absolute atomic E-state index is 11.8. The van der Waals surface area contributed by atoms with Crippen LogP contribution in [-0.2, 0) is 4.79 Å². The molecular formula is C12H14N2O4. The number of anilines is 1. The molecule has 6 heteroatoms. The molecule has 2 rings (SSSR count). The first-order valence-electron chi connectivity index (χ1n) is 5.51. The van der Waals surface area contributed by atoms with Gasteiger partial charge in [-0.2, -0.15) is 0 Å². The molecule has 0 radical (unpaired) electrons. The van der Waals surface area contributed by atoms with Crippen molar-refractivity contribution in [3.63, 3.8) is 0 Å². The average Bonchev–Trinajstić information content (AvgIpc) is 2.67. The van der Waals surface area contributed by atoms with Crippen molar-refractivity contribution in [3.8, 4) is 5.75 Å². The van der Waals surface area contributed by atoms with Crippen LogP contribution in [0.15, 0.2) is 18.2 Å². The van der Waals surface area contributed by atoms with Crippen molar-refractivity contribution in [2.24, 2.45) is 5.73 Å².